The molecular weight excluding hydrogens is 778 g/mol. The van der Waals surface area contributed by atoms with Gasteiger partial charge in [-0.3, -0.25) is 9.59 Å². The van der Waals surface area contributed by atoms with Crippen molar-refractivity contribution in [1.82, 2.24) is 19.8 Å². The minimum atomic E-state index is -4.73. The van der Waals surface area contributed by atoms with Crippen LogP contribution in [0.4, 0.5) is 34.1 Å². The van der Waals surface area contributed by atoms with Crippen molar-refractivity contribution >= 4 is 45.2 Å². The van der Waals surface area contributed by atoms with Gasteiger partial charge in [0.2, 0.25) is 0 Å². The lowest BCUT2D eigenvalue weighted by Crippen LogP contribution is -2.39. The van der Waals surface area contributed by atoms with E-state index >= 15 is 0 Å². The van der Waals surface area contributed by atoms with Crippen LogP contribution in [-0.2, 0) is 30.6 Å². The highest BCUT2D eigenvalue weighted by atomic mass is 19.4. The number of amides is 4. The molecule has 60 heavy (non-hydrogen) atoms. The van der Waals surface area contributed by atoms with E-state index in [4.69, 9.17) is 4.74 Å². The van der Waals surface area contributed by atoms with Crippen molar-refractivity contribution in [1.29, 1.82) is 0 Å². The minimum absolute atomic E-state index is 0.0399. The lowest BCUT2D eigenvalue weighted by molar-refractivity contribution is -0.136. The number of benzene rings is 4. The largest absolute Gasteiger partial charge is 0.418 e. The van der Waals surface area contributed by atoms with Crippen LogP contribution in [0.1, 0.15) is 50.1 Å². The second kappa shape index (κ2) is 18.2. The van der Waals surface area contributed by atoms with Crippen LogP contribution in [0.5, 0.6) is 0 Å². The monoisotopic (exact) mass is 824 g/mol. The number of H-pyrrole nitrogens is 2. The number of rotatable bonds is 13. The molecule has 4 amide bonds. The first-order chi connectivity index (χ1) is 28.5. The number of nitrogens with zero attached hydrogens (tertiary/aromatic N) is 2. The molecule has 15 heteroatoms. The molecule has 0 spiro atoms. The normalized spacial score (nSPS) is 11.6. The molecule has 0 aliphatic carbocycles. The van der Waals surface area contributed by atoms with Crippen molar-refractivity contribution in [3.05, 3.63) is 150 Å². The summed E-state index contributed by atoms with van der Waals surface area (Å²) in [5.41, 5.74) is 5.13. The zero-order valence-electron chi connectivity index (χ0n) is 34.0. The van der Waals surface area contributed by atoms with E-state index in [1.807, 2.05) is 52.0 Å². The van der Waals surface area contributed by atoms with E-state index in [9.17, 15) is 37.5 Å². The number of aromatic amines is 2. The van der Waals surface area contributed by atoms with Gasteiger partial charge in [0.15, 0.2) is 0 Å². The zero-order chi connectivity index (χ0) is 43.3. The Morgan fingerprint density at radius 3 is 1.80 bits per heavy atom. The summed E-state index contributed by atoms with van der Waals surface area (Å²) in [7, 11) is 0. The highest BCUT2D eigenvalue weighted by molar-refractivity contribution is 5.92. The van der Waals surface area contributed by atoms with Crippen LogP contribution in [0.3, 0.4) is 0 Å². The van der Waals surface area contributed by atoms with Gasteiger partial charge >= 0.3 is 18.2 Å². The van der Waals surface area contributed by atoms with Crippen molar-refractivity contribution in [2.45, 2.75) is 60.5 Å². The summed E-state index contributed by atoms with van der Waals surface area (Å²) in [5, 5.41) is 16.7. The number of aliphatic hydroxyl groups excluding tert-OH is 1. The summed E-state index contributed by atoms with van der Waals surface area (Å²) in [6.07, 6.45) is -4.73. The number of carbonyl (C=O) groups is 2. The number of aromatic nitrogens is 2. The number of anilines is 2. The lowest BCUT2D eigenvalue weighted by atomic mass is 10.1. The summed E-state index contributed by atoms with van der Waals surface area (Å²) in [6.45, 7) is 8.45. The van der Waals surface area contributed by atoms with Gasteiger partial charge in [-0.2, -0.15) is 13.2 Å². The quantitative estimate of drug-likeness (QED) is 0.0739. The van der Waals surface area contributed by atoms with E-state index in [1.54, 1.807) is 37.3 Å². The molecule has 0 aliphatic rings. The Hall–Kier alpha value is -6.45. The van der Waals surface area contributed by atoms with E-state index in [1.165, 1.54) is 21.9 Å². The van der Waals surface area contributed by atoms with Crippen LogP contribution in [-0.4, -0.2) is 63.2 Å². The molecule has 0 saturated heterocycles. The van der Waals surface area contributed by atoms with Crippen LogP contribution >= 0.6 is 0 Å². The number of aryl methyl sites for hydroxylation is 5. The average Bonchev–Trinajstić information content (AvgIpc) is 3.17. The molecule has 314 valence electrons. The number of fused-ring (bicyclic) bond motifs is 2. The van der Waals surface area contributed by atoms with E-state index in [0.29, 0.717) is 33.4 Å². The van der Waals surface area contributed by atoms with Crippen LogP contribution < -0.4 is 21.8 Å². The van der Waals surface area contributed by atoms with Gasteiger partial charge < -0.3 is 40.2 Å². The van der Waals surface area contributed by atoms with E-state index in [0.717, 1.165) is 45.2 Å². The predicted octanol–water partition coefficient (Wildman–Crippen LogP) is 8.21. The molecule has 0 aliphatic heterocycles. The third-order valence-electron chi connectivity index (χ3n) is 10.2. The van der Waals surface area contributed by atoms with Crippen molar-refractivity contribution in [3.8, 4) is 0 Å². The van der Waals surface area contributed by atoms with Crippen LogP contribution in [0.2, 0.25) is 0 Å². The molecule has 12 nitrogen and oxygen atoms in total. The lowest BCUT2D eigenvalue weighted by Gasteiger charge is -2.25. The first-order valence-corrected chi connectivity index (χ1v) is 19.3. The highest BCUT2D eigenvalue weighted by Crippen LogP contribution is 2.35. The SMILES string of the molecule is Cc1cc(C)c2[nH]c(=O)c(CN(CCOCc3cccc(C)c3NC(=O)N(CCO)Cc3cc4cc(C)cc(C)c4[nH]c3=O)C(=O)Nc3ccccc3C(F)(F)F)cc2c1. The zero-order valence-corrected chi connectivity index (χ0v) is 34.0. The number of alkyl halides is 3. The van der Waals surface area contributed by atoms with Gasteiger partial charge in [-0.15, -0.1) is 0 Å². The first kappa shape index (κ1) is 43.1. The fourth-order valence-corrected chi connectivity index (χ4v) is 7.34. The molecule has 6 aromatic rings. The number of hydrogen-bond acceptors (Lipinski definition) is 6. The van der Waals surface area contributed by atoms with Gasteiger partial charge in [0.25, 0.3) is 11.1 Å². The molecule has 0 radical (unpaired) electrons. The molecule has 0 fully saturated rings. The molecule has 0 unspecified atom stereocenters. The fraction of sp³-hybridized carbons (Fsp3) is 0.289. The summed E-state index contributed by atoms with van der Waals surface area (Å²) in [4.78, 5) is 62.1. The molecule has 2 aromatic heterocycles. The summed E-state index contributed by atoms with van der Waals surface area (Å²) >= 11 is 0. The summed E-state index contributed by atoms with van der Waals surface area (Å²) < 4.78 is 47.6. The standard InChI is InChI=1S/C45H47F3N6O6/c1-26-17-29(4)39-32(19-26)21-34(41(56)50-39)23-53(13-15-55)44(59)52-38-28(3)9-8-10-31(38)25-60-16-14-54(43(58)49-37-12-7-6-11-36(37)45(46,47)48)24-35-22-33-20-27(2)18-30(5)40(33)51-42(35)57/h6-12,17-22,55H,13-16,23-25H2,1-5H3,(H,49,58)(H,50,56)(H,51,57)(H,52,59). The number of carbonyl (C=O) groups excluding carboxylic acids is 2. The van der Waals surface area contributed by atoms with Gasteiger partial charge in [-0.1, -0.05) is 53.6 Å². The van der Waals surface area contributed by atoms with Gasteiger partial charge in [0.1, 0.15) is 0 Å². The number of pyridine rings is 2. The fourth-order valence-electron chi connectivity index (χ4n) is 7.34. The Balaban J connectivity index is 1.19. The van der Waals surface area contributed by atoms with Crippen molar-refractivity contribution < 1.29 is 32.6 Å². The minimum Gasteiger partial charge on any atom is -0.395 e. The van der Waals surface area contributed by atoms with Crippen LogP contribution in [0, 0.1) is 34.6 Å². The Bertz CT molecular complexity index is 2690. The van der Waals surface area contributed by atoms with Gasteiger partial charge in [-0.05, 0) is 98.5 Å². The van der Waals surface area contributed by atoms with E-state index < -0.39 is 35.0 Å². The maximum absolute atomic E-state index is 13.9. The maximum atomic E-state index is 13.9. The third-order valence-corrected chi connectivity index (χ3v) is 10.2. The Morgan fingerprint density at radius 2 is 1.23 bits per heavy atom. The van der Waals surface area contributed by atoms with Crippen LogP contribution in [0.25, 0.3) is 21.8 Å². The molecule has 4 aromatic carbocycles. The number of ether oxygens (including phenoxy) is 1. The molecular formula is C45H47F3N6O6. The molecule has 6 rings (SSSR count). The first-order valence-electron chi connectivity index (χ1n) is 19.3. The van der Waals surface area contributed by atoms with E-state index in [2.05, 4.69) is 20.6 Å². The Kier molecular flexibility index (Phi) is 13.1. The summed E-state index contributed by atoms with van der Waals surface area (Å²) in [6, 6.07) is 19.6. The Labute approximate surface area is 344 Å². The van der Waals surface area contributed by atoms with Crippen LogP contribution in [0.15, 0.2) is 88.5 Å². The Morgan fingerprint density at radius 1 is 0.683 bits per heavy atom. The van der Waals surface area contributed by atoms with E-state index in [-0.39, 0.29) is 57.1 Å². The average molecular weight is 825 g/mol. The predicted molar refractivity (Wildman–Crippen MR) is 226 cm³/mol. The number of hydrogen-bond donors (Lipinski definition) is 5. The molecule has 2 heterocycles. The van der Waals surface area contributed by atoms with Crippen molar-refractivity contribution in [3.63, 3.8) is 0 Å². The second-order valence-electron chi connectivity index (χ2n) is 15.0. The number of nitrogens with one attached hydrogen (secondary N) is 4. The van der Waals surface area contributed by atoms with Crippen molar-refractivity contribution in [2.24, 2.45) is 0 Å². The second-order valence-corrected chi connectivity index (χ2v) is 15.0. The number of halogens is 3. The van der Waals surface area contributed by atoms with Gasteiger partial charge in [-0.25, -0.2) is 9.59 Å². The highest BCUT2D eigenvalue weighted by Gasteiger charge is 2.34. The molecule has 0 bridgehead atoms. The smallest absolute Gasteiger partial charge is 0.395 e. The molecule has 0 saturated carbocycles. The molecule has 0 atom stereocenters. The third kappa shape index (κ3) is 10.0. The number of aliphatic hydroxyl groups is 1. The molecule has 5 N–H and O–H groups in total. The van der Waals surface area contributed by atoms with Gasteiger partial charge in [0.05, 0.1) is 60.9 Å². The van der Waals surface area contributed by atoms with Gasteiger partial charge in [0, 0.05) is 29.8 Å². The topological polar surface area (TPSA) is 160 Å². The van der Waals surface area contributed by atoms with Crippen molar-refractivity contribution in [2.75, 3.05) is 36.9 Å². The maximum Gasteiger partial charge on any atom is 0.418 e. The number of para-hydroxylation sites is 2. The number of urea groups is 2. The summed E-state index contributed by atoms with van der Waals surface area (Å²) in [5.74, 6) is 0.